The van der Waals surface area contributed by atoms with Crippen LogP contribution in [0.2, 0.25) is 0 Å². The fourth-order valence-corrected chi connectivity index (χ4v) is 3.42. The molecule has 15 heavy (non-hydrogen) atoms. The number of benzene rings is 1. The van der Waals surface area contributed by atoms with Crippen LogP contribution in [0.3, 0.4) is 0 Å². The molecular weight excluding hydrogens is 200 g/mol. The van der Waals surface area contributed by atoms with Crippen LogP contribution in [0.25, 0.3) is 0 Å². The van der Waals surface area contributed by atoms with E-state index in [-0.39, 0.29) is 0 Å². The highest BCUT2D eigenvalue weighted by Crippen LogP contribution is 2.57. The summed E-state index contributed by atoms with van der Waals surface area (Å²) < 4.78 is 0.509. The van der Waals surface area contributed by atoms with E-state index in [4.69, 9.17) is 0 Å². The number of unbranched alkanes of at least 4 members (excludes halogenated alkanes) is 2. The highest BCUT2D eigenvalue weighted by atomic mass is 32.2. The molecule has 0 atom stereocenters. The number of hydrogen-bond donors (Lipinski definition) is 0. The van der Waals surface area contributed by atoms with Gasteiger partial charge in [-0.15, -0.1) is 0 Å². The molecule has 0 heterocycles. The van der Waals surface area contributed by atoms with Gasteiger partial charge in [0.2, 0.25) is 0 Å². The topological polar surface area (TPSA) is 0 Å². The van der Waals surface area contributed by atoms with Gasteiger partial charge < -0.3 is 0 Å². The Balaban J connectivity index is 1.86. The fraction of sp³-hybridized carbons (Fsp3) is 0.571. The Hall–Kier alpha value is -0.430. The van der Waals surface area contributed by atoms with Crippen LogP contribution in [0.4, 0.5) is 0 Å². The molecule has 0 spiro atoms. The van der Waals surface area contributed by atoms with Gasteiger partial charge in [0.1, 0.15) is 0 Å². The molecule has 0 radical (unpaired) electrons. The summed E-state index contributed by atoms with van der Waals surface area (Å²) in [6, 6.07) is 11.0. The van der Waals surface area contributed by atoms with Crippen LogP contribution in [0.1, 0.15) is 44.6 Å². The van der Waals surface area contributed by atoms with Crippen molar-refractivity contribution in [3.63, 3.8) is 0 Å². The zero-order chi connectivity index (χ0) is 10.6. The summed E-state index contributed by atoms with van der Waals surface area (Å²) in [6.45, 7) is 2.27. The van der Waals surface area contributed by atoms with E-state index in [9.17, 15) is 0 Å². The average Bonchev–Trinajstić information content (AvgIpc) is 3.07. The maximum Gasteiger partial charge on any atom is 0.0409 e. The summed E-state index contributed by atoms with van der Waals surface area (Å²) in [5.41, 5.74) is 1.55. The van der Waals surface area contributed by atoms with Gasteiger partial charge in [0.05, 0.1) is 0 Å². The van der Waals surface area contributed by atoms with Crippen molar-refractivity contribution in [1.82, 2.24) is 0 Å². The molecule has 0 saturated heterocycles. The number of rotatable bonds is 6. The molecule has 0 aromatic heterocycles. The molecule has 0 nitrogen and oxygen atoms in total. The average molecular weight is 220 g/mol. The lowest BCUT2D eigenvalue weighted by Crippen LogP contribution is -2.01. The highest BCUT2D eigenvalue weighted by molar-refractivity contribution is 8.00. The molecule has 0 bridgehead atoms. The standard InChI is InChI=1S/C14H20S/c1-2-3-7-12-15-14(10-11-14)13-8-5-4-6-9-13/h4-6,8-9H,2-3,7,10-12H2,1H3. The van der Waals surface area contributed by atoms with E-state index in [1.165, 1.54) is 37.9 Å². The van der Waals surface area contributed by atoms with Gasteiger partial charge in [-0.05, 0) is 30.6 Å². The summed E-state index contributed by atoms with van der Waals surface area (Å²) in [5, 5.41) is 0. The molecule has 1 heteroatoms. The summed E-state index contributed by atoms with van der Waals surface area (Å²) in [4.78, 5) is 0. The molecule has 0 N–H and O–H groups in total. The molecule has 1 aromatic rings. The molecule has 1 fully saturated rings. The lowest BCUT2D eigenvalue weighted by atomic mass is 10.1. The first-order valence-corrected chi connectivity index (χ1v) is 7.05. The second-order valence-electron chi connectivity index (χ2n) is 4.42. The first kappa shape index (κ1) is 11.1. The van der Waals surface area contributed by atoms with E-state index in [0.29, 0.717) is 4.75 Å². The number of hydrogen-bond acceptors (Lipinski definition) is 1. The van der Waals surface area contributed by atoms with Crippen LogP contribution >= 0.6 is 11.8 Å². The van der Waals surface area contributed by atoms with Crippen LogP contribution in [-0.2, 0) is 4.75 Å². The fourth-order valence-electron chi connectivity index (χ4n) is 1.99. The van der Waals surface area contributed by atoms with Gasteiger partial charge >= 0.3 is 0 Å². The van der Waals surface area contributed by atoms with Gasteiger partial charge in [0, 0.05) is 4.75 Å². The maximum atomic E-state index is 2.29. The van der Waals surface area contributed by atoms with Crippen molar-refractivity contribution in [2.75, 3.05) is 5.75 Å². The van der Waals surface area contributed by atoms with E-state index < -0.39 is 0 Å². The molecule has 1 aromatic carbocycles. The second-order valence-corrected chi connectivity index (χ2v) is 5.89. The van der Waals surface area contributed by atoms with Crippen molar-refractivity contribution in [3.05, 3.63) is 35.9 Å². The molecule has 82 valence electrons. The first-order chi connectivity index (χ1) is 7.37. The third-order valence-electron chi connectivity index (χ3n) is 3.13. The van der Waals surface area contributed by atoms with Crippen molar-refractivity contribution in [1.29, 1.82) is 0 Å². The molecular formula is C14H20S. The summed E-state index contributed by atoms with van der Waals surface area (Å²) >= 11 is 2.18. The minimum absolute atomic E-state index is 0.509. The molecule has 2 rings (SSSR count). The normalized spacial score (nSPS) is 17.7. The largest absolute Gasteiger partial charge is 0.150 e. The Bertz CT molecular complexity index is 287. The van der Waals surface area contributed by atoms with Gasteiger partial charge in [0.25, 0.3) is 0 Å². The molecule has 1 aliphatic rings. The zero-order valence-corrected chi connectivity index (χ0v) is 10.4. The first-order valence-electron chi connectivity index (χ1n) is 6.07. The quantitative estimate of drug-likeness (QED) is 0.631. The SMILES string of the molecule is CCCCCSC1(c2ccccc2)CC1. The van der Waals surface area contributed by atoms with Crippen LogP contribution < -0.4 is 0 Å². The number of thioether (sulfide) groups is 1. The molecule has 1 saturated carbocycles. The van der Waals surface area contributed by atoms with Crippen molar-refractivity contribution in [3.8, 4) is 0 Å². The van der Waals surface area contributed by atoms with Crippen molar-refractivity contribution in [2.45, 2.75) is 43.8 Å². The van der Waals surface area contributed by atoms with Crippen LogP contribution in [0.15, 0.2) is 30.3 Å². The van der Waals surface area contributed by atoms with Gasteiger partial charge in [-0.25, -0.2) is 0 Å². The highest BCUT2D eigenvalue weighted by Gasteiger charge is 2.44. The second kappa shape index (κ2) is 5.07. The van der Waals surface area contributed by atoms with Crippen LogP contribution in [-0.4, -0.2) is 5.75 Å². The minimum atomic E-state index is 0.509. The Labute approximate surface area is 97.5 Å². The van der Waals surface area contributed by atoms with Crippen molar-refractivity contribution >= 4 is 11.8 Å². The van der Waals surface area contributed by atoms with E-state index >= 15 is 0 Å². The van der Waals surface area contributed by atoms with Gasteiger partial charge in [-0.3, -0.25) is 0 Å². The van der Waals surface area contributed by atoms with E-state index in [0.717, 1.165) is 0 Å². The molecule has 0 unspecified atom stereocenters. The third-order valence-corrected chi connectivity index (χ3v) is 4.82. The van der Waals surface area contributed by atoms with E-state index in [1.807, 2.05) is 0 Å². The van der Waals surface area contributed by atoms with Gasteiger partial charge in [0.15, 0.2) is 0 Å². The summed E-state index contributed by atoms with van der Waals surface area (Å²) in [7, 11) is 0. The Kier molecular flexibility index (Phi) is 3.74. The van der Waals surface area contributed by atoms with Crippen LogP contribution in [0.5, 0.6) is 0 Å². The minimum Gasteiger partial charge on any atom is -0.150 e. The van der Waals surface area contributed by atoms with E-state index in [1.54, 1.807) is 5.56 Å². The van der Waals surface area contributed by atoms with Gasteiger partial charge in [-0.2, -0.15) is 11.8 Å². The summed E-state index contributed by atoms with van der Waals surface area (Å²) in [6.07, 6.45) is 6.87. The Morgan fingerprint density at radius 1 is 1.13 bits per heavy atom. The molecule has 0 aliphatic heterocycles. The van der Waals surface area contributed by atoms with Crippen LogP contribution in [0, 0.1) is 0 Å². The lowest BCUT2D eigenvalue weighted by molar-refractivity contribution is 0.776. The molecule has 1 aliphatic carbocycles. The van der Waals surface area contributed by atoms with Gasteiger partial charge in [-0.1, -0.05) is 50.1 Å². The Morgan fingerprint density at radius 3 is 2.47 bits per heavy atom. The van der Waals surface area contributed by atoms with Crippen molar-refractivity contribution in [2.24, 2.45) is 0 Å². The monoisotopic (exact) mass is 220 g/mol. The molecule has 0 amide bonds. The Morgan fingerprint density at radius 2 is 1.87 bits per heavy atom. The third kappa shape index (κ3) is 2.78. The predicted octanol–water partition coefficient (Wildman–Crippen LogP) is 4.60. The zero-order valence-electron chi connectivity index (χ0n) is 9.54. The van der Waals surface area contributed by atoms with E-state index in [2.05, 4.69) is 49.0 Å². The predicted molar refractivity (Wildman–Crippen MR) is 69.3 cm³/mol. The summed E-state index contributed by atoms with van der Waals surface area (Å²) in [5.74, 6) is 1.34. The smallest absolute Gasteiger partial charge is 0.0409 e. The maximum absolute atomic E-state index is 2.29. The van der Waals surface area contributed by atoms with Crippen molar-refractivity contribution < 1.29 is 0 Å². The lowest BCUT2D eigenvalue weighted by Gasteiger charge is -2.14.